The van der Waals surface area contributed by atoms with Crippen molar-refractivity contribution in [1.82, 2.24) is 14.8 Å². The monoisotopic (exact) mass is 661 g/mol. The topological polar surface area (TPSA) is 186 Å². The maximum atomic E-state index is 13.7. The number of hydrogen-bond donors (Lipinski definition) is 4. The lowest BCUT2D eigenvalue weighted by molar-refractivity contribution is -0.133. The Bertz CT molecular complexity index is 1550. The van der Waals surface area contributed by atoms with Crippen LogP contribution in [0.5, 0.6) is 0 Å². The predicted octanol–water partition coefficient (Wildman–Crippen LogP) is 2.03. The molecule has 3 aliphatic rings. The number of benzene rings is 1. The van der Waals surface area contributed by atoms with E-state index in [4.69, 9.17) is 20.9 Å². The molecule has 258 valence electrons. The molecule has 1 aromatic carbocycles. The zero-order chi connectivity index (χ0) is 34.1. The van der Waals surface area contributed by atoms with Gasteiger partial charge in [-0.25, -0.2) is 4.99 Å². The molecule has 13 heteroatoms. The Labute approximate surface area is 281 Å². The summed E-state index contributed by atoms with van der Waals surface area (Å²) >= 11 is 0. The maximum Gasteiger partial charge on any atom is 0.250 e. The van der Waals surface area contributed by atoms with Crippen LogP contribution < -0.4 is 16.8 Å². The molecule has 0 radical (unpaired) electrons. The van der Waals surface area contributed by atoms with Crippen molar-refractivity contribution in [3.63, 3.8) is 0 Å². The van der Waals surface area contributed by atoms with Crippen molar-refractivity contribution < 1.29 is 29.0 Å². The summed E-state index contributed by atoms with van der Waals surface area (Å²) in [5, 5.41) is 12.5. The first kappa shape index (κ1) is 35.1. The number of hydrogen-bond acceptors (Lipinski definition) is 10. The van der Waals surface area contributed by atoms with Crippen molar-refractivity contribution in [2.24, 2.45) is 16.5 Å². The lowest BCUT2D eigenvalue weighted by atomic mass is 9.92. The Balaban J connectivity index is 1.23. The van der Waals surface area contributed by atoms with Crippen LogP contribution in [0.25, 0.3) is 6.08 Å². The van der Waals surface area contributed by atoms with E-state index in [0.717, 1.165) is 28.8 Å². The summed E-state index contributed by atoms with van der Waals surface area (Å²) in [6.07, 6.45) is 6.76. The van der Waals surface area contributed by atoms with Crippen molar-refractivity contribution in [1.29, 1.82) is 0 Å². The molecular weight excluding hydrogens is 614 g/mol. The molecule has 0 bridgehead atoms. The number of aliphatic hydroxyl groups is 1. The van der Waals surface area contributed by atoms with Crippen molar-refractivity contribution in [3.8, 4) is 0 Å². The number of nitrogens with one attached hydrogen (secondary N) is 1. The Kier molecular flexibility index (Phi) is 11.9. The fourth-order valence-electron chi connectivity index (χ4n) is 6.19. The molecule has 2 aromatic rings. The average Bonchev–Trinajstić information content (AvgIpc) is 3.91. The minimum Gasteiger partial charge on any atom is -0.395 e. The molecule has 48 heavy (non-hydrogen) atoms. The van der Waals surface area contributed by atoms with Crippen LogP contribution in [0.15, 0.2) is 41.0 Å². The summed E-state index contributed by atoms with van der Waals surface area (Å²) in [5.41, 5.74) is 16.1. The Morgan fingerprint density at radius 3 is 2.62 bits per heavy atom. The van der Waals surface area contributed by atoms with Crippen molar-refractivity contribution >= 4 is 41.0 Å². The minimum atomic E-state index is -0.708. The normalized spacial score (nSPS) is 16.2. The van der Waals surface area contributed by atoms with Gasteiger partial charge in [0.05, 0.1) is 62.4 Å². The van der Waals surface area contributed by atoms with Gasteiger partial charge < -0.3 is 41.2 Å². The number of carbonyl (C=O) groups is 3. The molecule has 0 unspecified atom stereocenters. The van der Waals surface area contributed by atoms with E-state index in [-0.39, 0.29) is 43.7 Å². The van der Waals surface area contributed by atoms with Gasteiger partial charge in [0.25, 0.3) is 0 Å². The summed E-state index contributed by atoms with van der Waals surface area (Å²) in [6.45, 7) is 5.81. The average molecular weight is 662 g/mol. The van der Waals surface area contributed by atoms with Crippen LogP contribution in [0.2, 0.25) is 0 Å². The van der Waals surface area contributed by atoms with E-state index in [1.165, 1.54) is 0 Å². The van der Waals surface area contributed by atoms with Crippen molar-refractivity contribution in [2.45, 2.75) is 57.4 Å². The first-order valence-corrected chi connectivity index (χ1v) is 16.8. The third-order valence-electron chi connectivity index (χ3n) is 8.90. The predicted molar refractivity (Wildman–Crippen MR) is 182 cm³/mol. The number of ether oxygens (including phenoxy) is 2. The van der Waals surface area contributed by atoms with E-state index < -0.39 is 5.41 Å². The molecule has 3 heterocycles. The summed E-state index contributed by atoms with van der Waals surface area (Å²) in [6, 6.07) is 7.60. The zero-order valence-electron chi connectivity index (χ0n) is 27.7. The number of aromatic nitrogens is 1. The molecule has 0 spiro atoms. The SMILES string of the molecule is CCCN(CCO)C(=O)C1=Cc2ccc(C3(C(=O)Nc4cnc5c(c4)CN(C(=O)CCOCCOCCN)CC5)CC3)cc2N=C(N)C1. The standard InChI is InChI=1S/C35H47N7O6/c1-2-10-41(12-13-43)33(45)25-18-24-3-4-27(21-30(24)40-31(37)20-25)35(7-8-35)34(46)39-28-19-26-23-42(11-5-29(26)38-22-28)32(44)6-14-47-16-17-48-15-9-36/h3-4,18-19,21-22,43H,2,5-17,20,23,36H2,1H3,(H2,37,40)(H,39,46). The Hall–Kier alpha value is -4.17. The van der Waals surface area contributed by atoms with E-state index >= 15 is 0 Å². The first-order chi connectivity index (χ1) is 23.3. The van der Waals surface area contributed by atoms with E-state index in [1.807, 2.05) is 37.3 Å². The number of fused-ring (bicyclic) bond motifs is 2. The van der Waals surface area contributed by atoms with Gasteiger partial charge in [0.15, 0.2) is 0 Å². The second kappa shape index (κ2) is 16.3. The van der Waals surface area contributed by atoms with Crippen molar-refractivity contribution in [3.05, 3.63) is 58.4 Å². The van der Waals surface area contributed by atoms with E-state index in [9.17, 15) is 19.5 Å². The molecule has 1 saturated carbocycles. The molecule has 0 atom stereocenters. The highest BCUT2D eigenvalue weighted by molar-refractivity contribution is 6.06. The minimum absolute atomic E-state index is 0.0104. The summed E-state index contributed by atoms with van der Waals surface area (Å²) in [4.78, 5) is 52.5. The molecule has 13 nitrogen and oxygen atoms in total. The van der Waals surface area contributed by atoms with Crippen LogP contribution in [0, 0.1) is 0 Å². The van der Waals surface area contributed by atoms with Crippen LogP contribution in [-0.4, -0.2) is 103 Å². The van der Waals surface area contributed by atoms with Gasteiger partial charge in [0.1, 0.15) is 5.84 Å². The molecule has 1 aliphatic carbocycles. The van der Waals surface area contributed by atoms with Gasteiger partial charge in [0, 0.05) is 62.4 Å². The van der Waals surface area contributed by atoms with Gasteiger partial charge in [-0.1, -0.05) is 19.1 Å². The molecule has 3 amide bonds. The second-order valence-electron chi connectivity index (χ2n) is 12.4. The van der Waals surface area contributed by atoms with E-state index in [0.29, 0.717) is 94.7 Å². The number of aliphatic imine (C=N–C) groups is 1. The molecule has 0 saturated heterocycles. The molecule has 2 aliphatic heterocycles. The van der Waals surface area contributed by atoms with Gasteiger partial charge >= 0.3 is 0 Å². The molecular formula is C35H47N7O6. The van der Waals surface area contributed by atoms with Crippen LogP contribution >= 0.6 is 0 Å². The number of rotatable bonds is 16. The molecule has 1 aromatic heterocycles. The Morgan fingerprint density at radius 1 is 1.10 bits per heavy atom. The maximum absolute atomic E-state index is 13.7. The largest absolute Gasteiger partial charge is 0.395 e. The molecule has 5 rings (SSSR count). The second-order valence-corrected chi connectivity index (χ2v) is 12.4. The van der Waals surface area contributed by atoms with Crippen molar-refractivity contribution in [2.75, 3.05) is 64.5 Å². The highest BCUT2D eigenvalue weighted by Gasteiger charge is 2.51. The highest BCUT2D eigenvalue weighted by atomic mass is 16.5. The number of aliphatic hydroxyl groups excluding tert-OH is 1. The van der Waals surface area contributed by atoms with Crippen LogP contribution in [0.1, 0.15) is 61.4 Å². The lowest BCUT2D eigenvalue weighted by Crippen LogP contribution is -2.37. The molecule has 6 N–H and O–H groups in total. The van der Waals surface area contributed by atoms with Gasteiger partial charge in [0.2, 0.25) is 17.7 Å². The summed E-state index contributed by atoms with van der Waals surface area (Å²) < 4.78 is 10.8. The fourth-order valence-corrected chi connectivity index (χ4v) is 6.19. The highest BCUT2D eigenvalue weighted by Crippen LogP contribution is 2.50. The fraction of sp³-hybridized carbons (Fsp3) is 0.514. The first-order valence-electron chi connectivity index (χ1n) is 16.8. The quantitative estimate of drug-likeness (QED) is 0.195. The van der Waals surface area contributed by atoms with E-state index in [1.54, 1.807) is 16.0 Å². The van der Waals surface area contributed by atoms with E-state index in [2.05, 4.69) is 15.3 Å². The van der Waals surface area contributed by atoms with Gasteiger partial charge in [-0.3, -0.25) is 19.4 Å². The summed E-state index contributed by atoms with van der Waals surface area (Å²) in [7, 11) is 0. The van der Waals surface area contributed by atoms with Gasteiger partial charge in [-0.2, -0.15) is 0 Å². The van der Waals surface area contributed by atoms with Gasteiger partial charge in [-0.15, -0.1) is 0 Å². The number of pyridine rings is 1. The zero-order valence-corrected chi connectivity index (χ0v) is 27.7. The van der Waals surface area contributed by atoms with Crippen LogP contribution in [0.4, 0.5) is 11.4 Å². The van der Waals surface area contributed by atoms with Gasteiger partial charge in [-0.05, 0) is 48.6 Å². The Morgan fingerprint density at radius 2 is 1.90 bits per heavy atom. The number of amidine groups is 1. The number of nitrogens with zero attached hydrogens (tertiary/aromatic N) is 4. The lowest BCUT2D eigenvalue weighted by Gasteiger charge is -2.29. The smallest absolute Gasteiger partial charge is 0.250 e. The number of amides is 3. The molecule has 1 fully saturated rings. The summed E-state index contributed by atoms with van der Waals surface area (Å²) in [5.74, 6) is 0.0284. The number of anilines is 1. The number of carbonyl (C=O) groups excluding carboxylic acids is 3. The van der Waals surface area contributed by atoms with Crippen LogP contribution in [-0.2, 0) is 42.2 Å². The third-order valence-corrected chi connectivity index (χ3v) is 8.90. The van der Waals surface area contributed by atoms with Crippen LogP contribution in [0.3, 0.4) is 0 Å². The third kappa shape index (κ3) is 8.45. The number of nitrogens with two attached hydrogens (primary N) is 2.